The standard InChI is InChI=1S/C14H10F4N2S/c15-11-7-6-9(14(16,17)18)8-12(11)20-13(21)19-10-4-2-1-3-5-10/h1-8H,(H2,19,20,21). The van der Waals surface area contributed by atoms with Gasteiger partial charge in [0.25, 0.3) is 0 Å². The second-order valence-electron chi connectivity index (χ2n) is 4.14. The molecule has 0 spiro atoms. The van der Waals surface area contributed by atoms with Gasteiger partial charge in [0.15, 0.2) is 5.11 Å². The molecule has 2 aromatic carbocycles. The lowest BCUT2D eigenvalue weighted by Crippen LogP contribution is -2.20. The van der Waals surface area contributed by atoms with Crippen LogP contribution < -0.4 is 10.6 Å². The van der Waals surface area contributed by atoms with E-state index in [1.54, 1.807) is 30.3 Å². The highest BCUT2D eigenvalue weighted by atomic mass is 32.1. The van der Waals surface area contributed by atoms with Crippen LogP contribution in [-0.2, 0) is 6.18 Å². The Hall–Kier alpha value is -2.15. The molecule has 7 heteroatoms. The first-order chi connectivity index (χ1) is 9.86. The van der Waals surface area contributed by atoms with Crippen LogP contribution in [0.25, 0.3) is 0 Å². The average Bonchev–Trinajstić information content (AvgIpc) is 2.41. The monoisotopic (exact) mass is 314 g/mol. The fraction of sp³-hybridized carbons (Fsp3) is 0.0714. The minimum atomic E-state index is -4.54. The lowest BCUT2D eigenvalue weighted by Gasteiger charge is -2.13. The number of halogens is 4. The summed E-state index contributed by atoms with van der Waals surface area (Å²) < 4.78 is 51.3. The third-order valence-corrected chi connectivity index (χ3v) is 2.78. The second-order valence-corrected chi connectivity index (χ2v) is 4.55. The predicted octanol–water partition coefficient (Wildman–Crippen LogP) is 4.65. The molecule has 0 aliphatic rings. The Bertz CT molecular complexity index is 641. The SMILES string of the molecule is Fc1ccc(C(F)(F)F)cc1NC(=S)Nc1ccccc1. The molecule has 0 saturated carbocycles. The Labute approximate surface area is 123 Å². The molecular weight excluding hydrogens is 304 g/mol. The van der Waals surface area contributed by atoms with E-state index in [1.807, 2.05) is 0 Å². The summed E-state index contributed by atoms with van der Waals surface area (Å²) in [7, 11) is 0. The molecule has 0 fully saturated rings. The molecule has 0 aromatic heterocycles. The summed E-state index contributed by atoms with van der Waals surface area (Å²) >= 11 is 4.94. The molecule has 0 saturated heterocycles. The van der Waals surface area contributed by atoms with E-state index in [0.717, 1.165) is 6.07 Å². The second kappa shape index (κ2) is 6.09. The Kier molecular flexibility index (Phi) is 4.42. The molecule has 2 nitrogen and oxygen atoms in total. The van der Waals surface area contributed by atoms with Crippen LogP contribution >= 0.6 is 12.2 Å². The van der Waals surface area contributed by atoms with Crippen LogP contribution in [-0.4, -0.2) is 5.11 Å². The van der Waals surface area contributed by atoms with E-state index in [1.165, 1.54) is 0 Å². The molecule has 0 aliphatic carbocycles. The van der Waals surface area contributed by atoms with Crippen molar-refractivity contribution in [2.75, 3.05) is 10.6 Å². The lowest BCUT2D eigenvalue weighted by atomic mass is 10.2. The van der Waals surface area contributed by atoms with E-state index in [4.69, 9.17) is 12.2 Å². The molecule has 21 heavy (non-hydrogen) atoms. The number of anilines is 2. The zero-order chi connectivity index (χ0) is 15.5. The third-order valence-electron chi connectivity index (χ3n) is 2.57. The molecule has 0 unspecified atom stereocenters. The summed E-state index contributed by atoms with van der Waals surface area (Å²) in [6.07, 6.45) is -4.54. The van der Waals surface area contributed by atoms with Gasteiger partial charge in [0.1, 0.15) is 5.82 Å². The maximum atomic E-state index is 13.5. The predicted molar refractivity (Wildman–Crippen MR) is 77.7 cm³/mol. The van der Waals surface area contributed by atoms with E-state index in [0.29, 0.717) is 17.8 Å². The van der Waals surface area contributed by atoms with Crippen LogP contribution in [0.3, 0.4) is 0 Å². The van der Waals surface area contributed by atoms with Crippen molar-refractivity contribution in [1.29, 1.82) is 0 Å². The van der Waals surface area contributed by atoms with Crippen molar-refractivity contribution in [3.8, 4) is 0 Å². The minimum Gasteiger partial charge on any atom is -0.332 e. The zero-order valence-corrected chi connectivity index (χ0v) is 11.4. The summed E-state index contributed by atoms with van der Waals surface area (Å²) in [6, 6.07) is 10.9. The van der Waals surface area contributed by atoms with Crippen LogP contribution in [0.5, 0.6) is 0 Å². The maximum Gasteiger partial charge on any atom is 0.416 e. The van der Waals surface area contributed by atoms with Crippen LogP contribution in [0, 0.1) is 5.82 Å². The fourth-order valence-corrected chi connectivity index (χ4v) is 1.83. The van der Waals surface area contributed by atoms with Gasteiger partial charge in [-0.05, 0) is 42.5 Å². The molecule has 0 atom stereocenters. The van der Waals surface area contributed by atoms with Gasteiger partial charge in [-0.25, -0.2) is 4.39 Å². The van der Waals surface area contributed by atoms with Crippen LogP contribution in [0.15, 0.2) is 48.5 Å². The molecule has 110 valence electrons. The summed E-state index contributed by atoms with van der Waals surface area (Å²) in [5.41, 5.74) is -0.644. The largest absolute Gasteiger partial charge is 0.416 e. The molecule has 2 aromatic rings. The Morgan fingerprint density at radius 1 is 0.952 bits per heavy atom. The summed E-state index contributed by atoms with van der Waals surface area (Å²) in [4.78, 5) is 0. The average molecular weight is 314 g/mol. The van der Waals surface area contributed by atoms with E-state index in [9.17, 15) is 17.6 Å². The van der Waals surface area contributed by atoms with Crippen LogP contribution in [0.4, 0.5) is 28.9 Å². The Balaban J connectivity index is 2.14. The van der Waals surface area contributed by atoms with Gasteiger partial charge in [0.2, 0.25) is 0 Å². The van der Waals surface area contributed by atoms with Crippen molar-refractivity contribution >= 4 is 28.7 Å². The highest BCUT2D eigenvalue weighted by Crippen LogP contribution is 2.31. The molecule has 0 bridgehead atoms. The lowest BCUT2D eigenvalue weighted by molar-refractivity contribution is -0.137. The molecule has 0 radical (unpaired) electrons. The molecule has 2 N–H and O–H groups in total. The van der Waals surface area contributed by atoms with E-state index in [2.05, 4.69) is 10.6 Å². The van der Waals surface area contributed by atoms with Crippen molar-refractivity contribution in [3.63, 3.8) is 0 Å². The van der Waals surface area contributed by atoms with Gasteiger partial charge in [-0.15, -0.1) is 0 Å². The zero-order valence-electron chi connectivity index (χ0n) is 10.5. The summed E-state index contributed by atoms with van der Waals surface area (Å²) in [6.45, 7) is 0. The van der Waals surface area contributed by atoms with Gasteiger partial charge in [0.05, 0.1) is 11.3 Å². The highest BCUT2D eigenvalue weighted by molar-refractivity contribution is 7.80. The quantitative estimate of drug-likeness (QED) is 0.623. The first-order valence-electron chi connectivity index (χ1n) is 5.86. The topological polar surface area (TPSA) is 24.1 Å². The normalized spacial score (nSPS) is 11.0. The maximum absolute atomic E-state index is 13.5. The molecule has 0 heterocycles. The number of hydrogen-bond donors (Lipinski definition) is 2. The number of nitrogens with one attached hydrogen (secondary N) is 2. The van der Waals surface area contributed by atoms with Gasteiger partial charge in [-0.1, -0.05) is 18.2 Å². The van der Waals surface area contributed by atoms with Crippen molar-refractivity contribution in [2.45, 2.75) is 6.18 Å². The summed E-state index contributed by atoms with van der Waals surface area (Å²) in [5, 5.41) is 5.16. The van der Waals surface area contributed by atoms with Crippen molar-refractivity contribution in [2.24, 2.45) is 0 Å². The highest BCUT2D eigenvalue weighted by Gasteiger charge is 2.31. The van der Waals surface area contributed by atoms with Crippen LogP contribution in [0.2, 0.25) is 0 Å². The Morgan fingerprint density at radius 3 is 2.24 bits per heavy atom. The van der Waals surface area contributed by atoms with E-state index in [-0.39, 0.29) is 10.8 Å². The fourth-order valence-electron chi connectivity index (χ4n) is 1.60. The third kappa shape index (κ3) is 4.16. The molecule has 2 rings (SSSR count). The number of rotatable bonds is 2. The van der Waals surface area contributed by atoms with Gasteiger partial charge >= 0.3 is 6.18 Å². The first kappa shape index (κ1) is 15.2. The minimum absolute atomic E-state index is 0.000533. The van der Waals surface area contributed by atoms with Gasteiger partial charge in [-0.3, -0.25) is 0 Å². The van der Waals surface area contributed by atoms with Gasteiger partial charge in [-0.2, -0.15) is 13.2 Å². The molecule has 0 aliphatic heterocycles. The number of para-hydroxylation sites is 1. The van der Waals surface area contributed by atoms with Gasteiger partial charge in [0, 0.05) is 5.69 Å². The van der Waals surface area contributed by atoms with E-state index < -0.39 is 17.6 Å². The number of alkyl halides is 3. The Morgan fingerprint density at radius 2 is 1.62 bits per heavy atom. The number of thiocarbonyl (C=S) groups is 1. The smallest absolute Gasteiger partial charge is 0.332 e. The number of hydrogen-bond acceptors (Lipinski definition) is 1. The van der Waals surface area contributed by atoms with Crippen molar-refractivity contribution < 1.29 is 17.6 Å². The van der Waals surface area contributed by atoms with Crippen LogP contribution in [0.1, 0.15) is 5.56 Å². The number of benzene rings is 2. The first-order valence-corrected chi connectivity index (χ1v) is 6.27. The molecular formula is C14H10F4N2S. The van der Waals surface area contributed by atoms with E-state index >= 15 is 0 Å². The van der Waals surface area contributed by atoms with Gasteiger partial charge < -0.3 is 10.6 Å². The molecule has 0 amide bonds. The summed E-state index contributed by atoms with van der Waals surface area (Å²) in [5.74, 6) is -0.819. The van der Waals surface area contributed by atoms with Crippen molar-refractivity contribution in [1.82, 2.24) is 0 Å². The van der Waals surface area contributed by atoms with Crippen molar-refractivity contribution in [3.05, 3.63) is 59.9 Å².